The molecule has 1 N–H and O–H groups in total. The zero-order valence-corrected chi connectivity index (χ0v) is 18.6. The van der Waals surface area contributed by atoms with E-state index in [1.54, 1.807) is 12.1 Å². The van der Waals surface area contributed by atoms with Crippen LogP contribution in [0.5, 0.6) is 0 Å². The number of aryl methyl sites for hydroxylation is 1. The topological polar surface area (TPSA) is 54.4 Å². The predicted molar refractivity (Wildman–Crippen MR) is 119 cm³/mol. The fraction of sp³-hybridized carbons (Fsp3) is 0.667. The van der Waals surface area contributed by atoms with Crippen LogP contribution < -0.4 is 0 Å². The first kappa shape index (κ1) is 24.9. The van der Waals surface area contributed by atoms with Crippen LogP contribution in [0.3, 0.4) is 0 Å². The maximum atomic E-state index is 11.0. The molecule has 1 aromatic rings. The lowest BCUT2D eigenvalue weighted by Crippen LogP contribution is -1.98. The van der Waals surface area contributed by atoms with E-state index in [1.807, 2.05) is 0 Å². The van der Waals surface area contributed by atoms with Crippen LogP contribution >= 0.6 is 0 Å². The summed E-state index contributed by atoms with van der Waals surface area (Å²) in [5.41, 5.74) is 1.13. The van der Waals surface area contributed by atoms with Crippen molar-refractivity contribution in [1.82, 2.24) is 0 Å². The number of unbranched alkanes of at least 4 members (excludes halogenated alkanes) is 12. The number of allylic oxidation sites excluding steroid dienone is 2. The van der Waals surface area contributed by atoms with Gasteiger partial charge in [0.2, 0.25) is 0 Å². The molecule has 0 aliphatic rings. The summed E-state index contributed by atoms with van der Waals surface area (Å²) in [5.74, 6) is 0. The van der Waals surface area contributed by atoms with Crippen molar-refractivity contribution in [3.8, 4) is 0 Å². The molecular weight excluding hydrogens is 368 g/mol. The molecule has 0 aliphatic heterocycles. The van der Waals surface area contributed by atoms with Gasteiger partial charge in [-0.25, -0.2) is 0 Å². The molecule has 0 heterocycles. The largest absolute Gasteiger partial charge is 0.294 e. The van der Waals surface area contributed by atoms with E-state index in [2.05, 4.69) is 19.1 Å². The Kier molecular flexibility index (Phi) is 14.0. The average molecular weight is 409 g/mol. The smallest absolute Gasteiger partial charge is 0.282 e. The van der Waals surface area contributed by atoms with Crippen LogP contribution in [-0.4, -0.2) is 13.0 Å². The fourth-order valence-corrected chi connectivity index (χ4v) is 3.88. The van der Waals surface area contributed by atoms with Gasteiger partial charge in [-0.15, -0.1) is 0 Å². The molecule has 0 bridgehead atoms. The molecule has 1 rings (SSSR count). The normalized spacial score (nSPS) is 12.1. The molecule has 0 atom stereocenters. The van der Waals surface area contributed by atoms with Crippen LogP contribution in [0, 0.1) is 0 Å². The number of hydrogen-bond acceptors (Lipinski definition) is 2. The van der Waals surface area contributed by atoms with Crippen molar-refractivity contribution < 1.29 is 13.0 Å². The summed E-state index contributed by atoms with van der Waals surface area (Å²) in [5, 5.41) is 0. The van der Waals surface area contributed by atoms with E-state index in [9.17, 15) is 8.42 Å². The maximum Gasteiger partial charge on any atom is 0.294 e. The third-order valence-electron chi connectivity index (χ3n) is 5.20. The minimum atomic E-state index is -4.08. The Hall–Kier alpha value is -1.13. The van der Waals surface area contributed by atoms with Gasteiger partial charge in [0.15, 0.2) is 0 Å². The van der Waals surface area contributed by atoms with E-state index in [4.69, 9.17) is 4.55 Å². The molecule has 0 spiro atoms. The predicted octanol–water partition coefficient (Wildman–Crippen LogP) is 7.51. The highest BCUT2D eigenvalue weighted by Crippen LogP contribution is 2.14. The summed E-state index contributed by atoms with van der Waals surface area (Å²) in [6.45, 7) is 2.26. The molecule has 0 radical (unpaired) electrons. The van der Waals surface area contributed by atoms with Gasteiger partial charge in [-0.2, -0.15) is 8.42 Å². The first-order valence-corrected chi connectivity index (χ1v) is 12.7. The summed E-state index contributed by atoms with van der Waals surface area (Å²) in [4.78, 5) is -0.0303. The standard InChI is InChI=1S/C24H40O3S/c1-2-3-4-5-6-7-8-9-10-11-12-13-14-15-16-17-18-23-19-21-24(22-20-23)28(25,26)27/h9-10,19-22H,2-8,11-18H2,1H3,(H,25,26,27)/b10-9-. The molecule has 0 saturated carbocycles. The second-order valence-corrected chi connectivity index (χ2v) is 9.23. The Morgan fingerprint density at radius 1 is 0.714 bits per heavy atom. The molecule has 4 heteroatoms. The van der Waals surface area contributed by atoms with Crippen molar-refractivity contribution in [1.29, 1.82) is 0 Å². The fourth-order valence-electron chi connectivity index (χ4n) is 3.40. The molecule has 28 heavy (non-hydrogen) atoms. The molecule has 160 valence electrons. The minimum Gasteiger partial charge on any atom is -0.282 e. The van der Waals surface area contributed by atoms with Crippen molar-refractivity contribution in [2.75, 3.05) is 0 Å². The van der Waals surface area contributed by atoms with Gasteiger partial charge in [0.1, 0.15) is 0 Å². The monoisotopic (exact) mass is 408 g/mol. The third-order valence-corrected chi connectivity index (χ3v) is 6.07. The van der Waals surface area contributed by atoms with Crippen LogP contribution in [-0.2, 0) is 16.5 Å². The van der Waals surface area contributed by atoms with E-state index in [-0.39, 0.29) is 4.90 Å². The Morgan fingerprint density at radius 3 is 1.68 bits per heavy atom. The van der Waals surface area contributed by atoms with Crippen LogP contribution in [0.1, 0.15) is 102 Å². The molecule has 0 saturated heterocycles. The molecule has 0 unspecified atom stereocenters. The van der Waals surface area contributed by atoms with Gasteiger partial charge in [0, 0.05) is 0 Å². The summed E-state index contributed by atoms with van der Waals surface area (Å²) >= 11 is 0. The highest BCUT2D eigenvalue weighted by molar-refractivity contribution is 7.85. The number of benzene rings is 1. The van der Waals surface area contributed by atoms with E-state index in [0.717, 1.165) is 18.4 Å². The zero-order chi connectivity index (χ0) is 20.5. The van der Waals surface area contributed by atoms with Gasteiger partial charge in [0.25, 0.3) is 10.1 Å². The Balaban J connectivity index is 1.91. The summed E-state index contributed by atoms with van der Waals surface area (Å²) in [6.07, 6.45) is 23.9. The lowest BCUT2D eigenvalue weighted by molar-refractivity contribution is 0.483. The third kappa shape index (κ3) is 13.1. The van der Waals surface area contributed by atoms with Gasteiger partial charge < -0.3 is 0 Å². The number of hydrogen-bond donors (Lipinski definition) is 1. The van der Waals surface area contributed by atoms with Gasteiger partial charge >= 0.3 is 0 Å². The average Bonchev–Trinajstić information content (AvgIpc) is 2.67. The molecule has 3 nitrogen and oxygen atoms in total. The van der Waals surface area contributed by atoms with Gasteiger partial charge in [-0.05, 0) is 56.2 Å². The van der Waals surface area contributed by atoms with Crippen molar-refractivity contribution >= 4 is 10.1 Å². The van der Waals surface area contributed by atoms with Crippen LogP contribution in [0.15, 0.2) is 41.3 Å². The Labute approximate surface area is 173 Å². The van der Waals surface area contributed by atoms with E-state index in [1.165, 1.54) is 95.6 Å². The Bertz CT molecular complexity index is 618. The lowest BCUT2D eigenvalue weighted by Gasteiger charge is -2.03. The van der Waals surface area contributed by atoms with Gasteiger partial charge in [-0.3, -0.25) is 4.55 Å². The van der Waals surface area contributed by atoms with Crippen LogP contribution in [0.25, 0.3) is 0 Å². The number of rotatable bonds is 17. The SMILES string of the molecule is CCCCCCCC/C=C\CCCCCCCCc1ccc(S(=O)(=O)O)cc1. The molecule has 0 aromatic heterocycles. The molecular formula is C24H40O3S. The molecule has 0 amide bonds. The lowest BCUT2D eigenvalue weighted by atomic mass is 10.0. The van der Waals surface area contributed by atoms with Gasteiger partial charge in [0.05, 0.1) is 4.90 Å². The highest BCUT2D eigenvalue weighted by atomic mass is 32.2. The second-order valence-electron chi connectivity index (χ2n) is 7.81. The van der Waals surface area contributed by atoms with E-state index < -0.39 is 10.1 Å². The quantitative estimate of drug-likeness (QED) is 0.165. The van der Waals surface area contributed by atoms with Crippen molar-refractivity contribution in [2.24, 2.45) is 0 Å². The van der Waals surface area contributed by atoms with E-state index in [0.29, 0.717) is 0 Å². The van der Waals surface area contributed by atoms with Crippen molar-refractivity contribution in [3.63, 3.8) is 0 Å². The first-order valence-electron chi connectivity index (χ1n) is 11.3. The second kappa shape index (κ2) is 15.8. The Morgan fingerprint density at radius 2 is 1.18 bits per heavy atom. The van der Waals surface area contributed by atoms with Gasteiger partial charge in [-0.1, -0.05) is 89.0 Å². The maximum absolute atomic E-state index is 11.0. The van der Waals surface area contributed by atoms with E-state index >= 15 is 0 Å². The molecule has 1 aromatic carbocycles. The summed E-state index contributed by atoms with van der Waals surface area (Å²) in [6, 6.07) is 6.54. The molecule has 0 fully saturated rings. The van der Waals surface area contributed by atoms with Crippen LogP contribution in [0.4, 0.5) is 0 Å². The van der Waals surface area contributed by atoms with Crippen molar-refractivity contribution in [2.45, 2.75) is 108 Å². The first-order chi connectivity index (χ1) is 13.5. The van der Waals surface area contributed by atoms with Crippen molar-refractivity contribution in [3.05, 3.63) is 42.0 Å². The zero-order valence-electron chi connectivity index (χ0n) is 17.7. The highest BCUT2D eigenvalue weighted by Gasteiger charge is 2.08. The molecule has 0 aliphatic carbocycles. The summed E-state index contributed by atoms with van der Waals surface area (Å²) in [7, 11) is -4.08. The minimum absolute atomic E-state index is 0.0303. The van der Waals surface area contributed by atoms with Crippen LogP contribution in [0.2, 0.25) is 0 Å². The summed E-state index contributed by atoms with van der Waals surface area (Å²) < 4.78 is 31.0.